The largest absolute Gasteiger partial charge is 0.379 e. The van der Waals surface area contributed by atoms with Crippen LogP contribution in [0.2, 0.25) is 5.02 Å². The van der Waals surface area contributed by atoms with E-state index in [0.29, 0.717) is 45.7 Å². The van der Waals surface area contributed by atoms with Crippen molar-refractivity contribution in [2.45, 2.75) is 30.5 Å². The zero-order valence-electron chi connectivity index (χ0n) is 18.2. The molecule has 0 saturated carbocycles. The lowest BCUT2D eigenvalue weighted by molar-refractivity contribution is 0.107. The van der Waals surface area contributed by atoms with Gasteiger partial charge in [0.15, 0.2) is 0 Å². The van der Waals surface area contributed by atoms with Gasteiger partial charge >= 0.3 is 5.69 Å². The van der Waals surface area contributed by atoms with E-state index in [2.05, 4.69) is 22.1 Å². The number of hydrogen-bond donors (Lipinski definition) is 1. The number of ether oxygens (including phenoxy) is 1. The predicted molar refractivity (Wildman–Crippen MR) is 128 cm³/mol. The highest BCUT2D eigenvalue weighted by atomic mass is 35.5. The van der Waals surface area contributed by atoms with E-state index in [0.717, 1.165) is 24.5 Å². The van der Waals surface area contributed by atoms with E-state index < -0.39 is 11.6 Å². The maximum Gasteiger partial charge on any atom is 0.350 e. The Morgan fingerprint density at radius 1 is 1.30 bits per heavy atom. The zero-order chi connectivity index (χ0) is 23.3. The van der Waals surface area contributed by atoms with Crippen molar-refractivity contribution in [1.29, 1.82) is 0 Å². The third-order valence-corrected chi connectivity index (χ3v) is 7.78. The summed E-state index contributed by atoms with van der Waals surface area (Å²) >= 11 is 8.23. The van der Waals surface area contributed by atoms with Gasteiger partial charge in [0.2, 0.25) is 0 Å². The van der Waals surface area contributed by atoms with Gasteiger partial charge in [-0.3, -0.25) is 4.57 Å². The molecule has 174 valence electrons. The summed E-state index contributed by atoms with van der Waals surface area (Å²) in [4.78, 5) is 20.5. The second-order valence-electron chi connectivity index (χ2n) is 8.33. The van der Waals surface area contributed by atoms with Crippen LogP contribution in [0.1, 0.15) is 6.92 Å². The average molecular weight is 493 g/mol. The molecule has 2 aliphatic heterocycles. The van der Waals surface area contributed by atoms with E-state index in [1.807, 2.05) is 0 Å². The number of anilines is 1. The molecule has 0 radical (unpaired) electrons. The molecule has 1 N–H and O–H groups in total. The van der Waals surface area contributed by atoms with Crippen LogP contribution in [0, 0.1) is 11.6 Å². The first-order chi connectivity index (χ1) is 15.9. The summed E-state index contributed by atoms with van der Waals surface area (Å²) in [5, 5.41) is 4.40. The van der Waals surface area contributed by atoms with Crippen LogP contribution >= 0.6 is 23.4 Å². The summed E-state index contributed by atoms with van der Waals surface area (Å²) in [6.07, 6.45) is -0.237. The normalized spacial score (nSPS) is 20.8. The first-order valence-electron chi connectivity index (χ1n) is 10.7. The van der Waals surface area contributed by atoms with Crippen LogP contribution in [-0.4, -0.2) is 54.2 Å². The number of hydrogen-bond acceptors (Lipinski definition) is 6. The molecule has 2 aromatic carbocycles. The number of aromatic nitrogens is 2. The first kappa shape index (κ1) is 22.6. The molecule has 1 aromatic heterocycles. The number of benzene rings is 2. The molecule has 1 saturated heterocycles. The van der Waals surface area contributed by atoms with Crippen molar-refractivity contribution in [2.75, 3.05) is 37.4 Å². The predicted octanol–water partition coefficient (Wildman–Crippen LogP) is 3.91. The average Bonchev–Trinajstić information content (AvgIpc) is 2.98. The van der Waals surface area contributed by atoms with Crippen LogP contribution in [0.3, 0.4) is 0 Å². The van der Waals surface area contributed by atoms with E-state index in [1.165, 1.54) is 23.9 Å². The van der Waals surface area contributed by atoms with Crippen molar-refractivity contribution in [1.82, 2.24) is 14.9 Å². The SMILES string of the molecule is CO[C@H]1CSc2c(-c3ccc(F)cc3F)c(Cl)cc3c(N4CCNC[C@@H]4C)nc(=O)n(c23)C1. The Kier molecular flexibility index (Phi) is 6.07. The minimum atomic E-state index is -0.709. The fourth-order valence-corrected chi connectivity index (χ4v) is 6.24. The van der Waals surface area contributed by atoms with Crippen LogP contribution in [-0.2, 0) is 11.3 Å². The lowest BCUT2D eigenvalue weighted by atomic mass is 10.0. The van der Waals surface area contributed by atoms with Gasteiger partial charge in [-0.15, -0.1) is 11.8 Å². The number of nitrogens with zero attached hydrogens (tertiary/aromatic N) is 3. The minimum Gasteiger partial charge on any atom is -0.379 e. The summed E-state index contributed by atoms with van der Waals surface area (Å²) < 4.78 is 35.7. The van der Waals surface area contributed by atoms with Crippen molar-refractivity contribution in [2.24, 2.45) is 0 Å². The Morgan fingerprint density at radius 3 is 2.85 bits per heavy atom. The van der Waals surface area contributed by atoms with Gasteiger partial charge in [0.05, 0.1) is 23.2 Å². The van der Waals surface area contributed by atoms with Gasteiger partial charge in [0.25, 0.3) is 0 Å². The van der Waals surface area contributed by atoms with Crippen LogP contribution in [0.15, 0.2) is 34.0 Å². The van der Waals surface area contributed by atoms with E-state index >= 15 is 0 Å². The molecule has 6 nitrogen and oxygen atoms in total. The van der Waals surface area contributed by atoms with Gasteiger partial charge in [0.1, 0.15) is 17.5 Å². The minimum absolute atomic E-state index is 0.130. The smallest absolute Gasteiger partial charge is 0.350 e. The molecule has 5 rings (SSSR count). The number of nitrogens with one attached hydrogen (secondary N) is 1. The molecule has 2 atom stereocenters. The van der Waals surface area contributed by atoms with Gasteiger partial charge in [-0.05, 0) is 25.1 Å². The maximum absolute atomic E-state index is 14.9. The fourth-order valence-electron chi connectivity index (χ4n) is 4.56. The summed E-state index contributed by atoms with van der Waals surface area (Å²) in [5.41, 5.74) is 0.905. The van der Waals surface area contributed by atoms with Gasteiger partial charge in [0, 0.05) is 66.0 Å². The maximum atomic E-state index is 14.9. The monoisotopic (exact) mass is 492 g/mol. The molecule has 3 heterocycles. The molecule has 10 heteroatoms. The Morgan fingerprint density at radius 2 is 2.12 bits per heavy atom. The Labute approximate surface area is 198 Å². The summed E-state index contributed by atoms with van der Waals surface area (Å²) in [6.45, 7) is 4.64. The molecule has 0 unspecified atom stereocenters. The zero-order valence-corrected chi connectivity index (χ0v) is 19.8. The Bertz CT molecular complexity index is 1300. The molecule has 0 bridgehead atoms. The van der Waals surface area contributed by atoms with E-state index in [4.69, 9.17) is 16.3 Å². The Hall–Kier alpha value is -2.20. The van der Waals surface area contributed by atoms with Gasteiger partial charge < -0.3 is 15.0 Å². The molecular weight excluding hydrogens is 470 g/mol. The molecular formula is C23H23ClF2N4O2S. The van der Waals surface area contributed by atoms with Crippen molar-refractivity contribution in [3.63, 3.8) is 0 Å². The first-order valence-corrected chi connectivity index (χ1v) is 12.1. The highest BCUT2D eigenvalue weighted by molar-refractivity contribution is 7.99. The molecule has 33 heavy (non-hydrogen) atoms. The number of piperazine rings is 1. The van der Waals surface area contributed by atoms with Gasteiger partial charge in [-0.25, -0.2) is 13.6 Å². The van der Waals surface area contributed by atoms with Crippen LogP contribution in [0.25, 0.3) is 22.0 Å². The lowest BCUT2D eigenvalue weighted by Gasteiger charge is -2.35. The molecule has 0 aliphatic carbocycles. The standard InChI is InChI=1S/C23H23ClF2N4O2S/c1-12-9-27-5-6-29(12)22-16-8-17(24)19(15-4-3-13(25)7-18(15)26)21-20(16)30(23(31)28-22)10-14(32-2)11-33-21/h3-4,7-8,12,14,27H,5-6,9-11H2,1-2H3/t12-,14+/m0/s1. The summed E-state index contributed by atoms with van der Waals surface area (Å²) in [6, 6.07) is 5.31. The van der Waals surface area contributed by atoms with E-state index in [-0.39, 0.29) is 23.4 Å². The van der Waals surface area contributed by atoms with E-state index in [1.54, 1.807) is 17.7 Å². The van der Waals surface area contributed by atoms with Crippen LogP contribution in [0.5, 0.6) is 0 Å². The highest BCUT2D eigenvalue weighted by Crippen LogP contribution is 2.46. The van der Waals surface area contributed by atoms with E-state index in [9.17, 15) is 13.6 Å². The third-order valence-electron chi connectivity index (χ3n) is 6.26. The van der Waals surface area contributed by atoms with Crippen molar-refractivity contribution in [3.8, 4) is 11.1 Å². The van der Waals surface area contributed by atoms with Gasteiger partial charge in [-0.2, -0.15) is 4.98 Å². The molecule has 1 fully saturated rings. The number of thioether (sulfide) groups is 1. The van der Waals surface area contributed by atoms with Crippen LogP contribution < -0.4 is 15.9 Å². The van der Waals surface area contributed by atoms with Crippen molar-refractivity contribution < 1.29 is 13.5 Å². The Balaban J connectivity index is 1.85. The number of rotatable bonds is 3. The number of methoxy groups -OCH3 is 1. The molecule has 3 aromatic rings. The topological polar surface area (TPSA) is 59.4 Å². The molecule has 2 aliphatic rings. The third kappa shape index (κ3) is 3.90. The highest BCUT2D eigenvalue weighted by Gasteiger charge is 2.30. The summed E-state index contributed by atoms with van der Waals surface area (Å²) in [7, 11) is 1.60. The number of halogens is 3. The molecule has 0 spiro atoms. The van der Waals surface area contributed by atoms with Crippen molar-refractivity contribution in [3.05, 3.63) is 51.4 Å². The molecule has 0 amide bonds. The quantitative estimate of drug-likeness (QED) is 0.598. The van der Waals surface area contributed by atoms with Gasteiger partial charge in [-0.1, -0.05) is 11.6 Å². The second-order valence-corrected chi connectivity index (χ2v) is 9.76. The van der Waals surface area contributed by atoms with Crippen LogP contribution in [0.4, 0.5) is 14.6 Å². The second kappa shape index (κ2) is 8.87. The fraction of sp³-hybridized carbons (Fsp3) is 0.391. The van der Waals surface area contributed by atoms with Crippen molar-refractivity contribution >= 4 is 40.1 Å². The lowest BCUT2D eigenvalue weighted by Crippen LogP contribution is -2.51. The summed E-state index contributed by atoms with van der Waals surface area (Å²) in [5.74, 6) is -0.254.